The Bertz CT molecular complexity index is 748. The van der Waals surface area contributed by atoms with Gasteiger partial charge in [0.15, 0.2) is 0 Å². The van der Waals surface area contributed by atoms with Crippen LogP contribution in [0.5, 0.6) is 0 Å². The highest BCUT2D eigenvalue weighted by Gasteiger charge is 2.13. The molecule has 2 amide bonds. The lowest BCUT2D eigenvalue weighted by atomic mass is 10.1. The molecule has 2 rings (SSSR count). The zero-order valence-corrected chi connectivity index (χ0v) is 15.7. The van der Waals surface area contributed by atoms with E-state index < -0.39 is 0 Å². The minimum atomic E-state index is -0.278. The average Bonchev–Trinajstić information content (AvgIpc) is 2.62. The summed E-state index contributed by atoms with van der Waals surface area (Å²) in [6.45, 7) is 4.62. The first-order valence-corrected chi connectivity index (χ1v) is 9.49. The minimum Gasteiger partial charge on any atom is -0.352 e. The van der Waals surface area contributed by atoms with Crippen LogP contribution in [0.3, 0.4) is 0 Å². The third-order valence-electron chi connectivity index (χ3n) is 3.53. The van der Waals surface area contributed by atoms with Gasteiger partial charge in [-0.2, -0.15) is 0 Å². The van der Waals surface area contributed by atoms with E-state index in [0.717, 1.165) is 4.90 Å². The van der Waals surface area contributed by atoms with Crippen LogP contribution in [-0.2, 0) is 4.79 Å². The summed E-state index contributed by atoms with van der Waals surface area (Å²) in [7, 11) is 0. The average molecular weight is 374 g/mol. The molecule has 26 heavy (non-hydrogen) atoms. The lowest BCUT2D eigenvalue weighted by molar-refractivity contribution is -0.115. The van der Waals surface area contributed by atoms with Crippen LogP contribution in [0.2, 0.25) is 0 Å². The van der Waals surface area contributed by atoms with Gasteiger partial charge in [0.05, 0.1) is 11.3 Å². The number of para-hydroxylation sites is 1. The monoisotopic (exact) mass is 374 g/mol. The standard InChI is InChI=1S/C20H23FN2O2S/c1-14(2)13-22-20(25)17-5-3-4-6-18(17)23-19(24)11-12-26-16-9-7-15(21)8-10-16/h3-10,14H,11-13H2,1-2H3,(H,22,25)(H,23,24). The Balaban J connectivity index is 1.88. The summed E-state index contributed by atoms with van der Waals surface area (Å²) >= 11 is 1.48. The Hall–Kier alpha value is -2.34. The summed E-state index contributed by atoms with van der Waals surface area (Å²) in [6.07, 6.45) is 0.296. The Labute approximate surface area is 157 Å². The topological polar surface area (TPSA) is 58.2 Å². The van der Waals surface area contributed by atoms with Crippen LogP contribution in [0.1, 0.15) is 30.6 Å². The molecular weight excluding hydrogens is 351 g/mol. The summed E-state index contributed by atoms with van der Waals surface area (Å²) in [5.41, 5.74) is 0.957. The van der Waals surface area contributed by atoms with E-state index in [-0.39, 0.29) is 17.6 Å². The molecule has 0 unspecified atom stereocenters. The van der Waals surface area contributed by atoms with Crippen molar-refractivity contribution in [1.29, 1.82) is 0 Å². The fraction of sp³-hybridized carbons (Fsp3) is 0.300. The van der Waals surface area contributed by atoms with E-state index in [1.807, 2.05) is 13.8 Å². The quantitative estimate of drug-likeness (QED) is 0.676. The van der Waals surface area contributed by atoms with E-state index >= 15 is 0 Å². The first-order valence-electron chi connectivity index (χ1n) is 8.51. The van der Waals surface area contributed by atoms with Crippen LogP contribution >= 0.6 is 11.8 Å². The molecule has 0 saturated carbocycles. The van der Waals surface area contributed by atoms with Gasteiger partial charge in [-0.3, -0.25) is 9.59 Å². The van der Waals surface area contributed by atoms with E-state index in [2.05, 4.69) is 10.6 Å². The number of carbonyl (C=O) groups is 2. The van der Waals surface area contributed by atoms with Crippen molar-refractivity contribution < 1.29 is 14.0 Å². The van der Waals surface area contributed by atoms with Crippen LogP contribution in [0, 0.1) is 11.7 Å². The molecule has 2 aromatic carbocycles. The zero-order chi connectivity index (χ0) is 18.9. The largest absolute Gasteiger partial charge is 0.352 e. The van der Waals surface area contributed by atoms with Gasteiger partial charge >= 0.3 is 0 Å². The number of benzene rings is 2. The van der Waals surface area contributed by atoms with Gasteiger partial charge in [-0.25, -0.2) is 4.39 Å². The Morgan fingerprint density at radius 3 is 2.46 bits per heavy atom. The molecule has 0 aromatic heterocycles. The van der Waals surface area contributed by atoms with Crippen molar-refractivity contribution in [1.82, 2.24) is 5.32 Å². The zero-order valence-electron chi connectivity index (χ0n) is 14.9. The van der Waals surface area contributed by atoms with Gasteiger partial charge in [0.2, 0.25) is 5.91 Å². The number of thioether (sulfide) groups is 1. The highest BCUT2D eigenvalue weighted by Crippen LogP contribution is 2.20. The molecule has 0 atom stereocenters. The third-order valence-corrected chi connectivity index (χ3v) is 4.54. The number of hydrogen-bond donors (Lipinski definition) is 2. The molecule has 0 bridgehead atoms. The summed E-state index contributed by atoms with van der Waals surface area (Å²) in [5.74, 6) is 0.279. The van der Waals surface area contributed by atoms with Crippen LogP contribution < -0.4 is 10.6 Å². The predicted molar refractivity (Wildman–Crippen MR) is 104 cm³/mol. The number of hydrogen-bond acceptors (Lipinski definition) is 3. The number of rotatable bonds is 8. The van der Waals surface area contributed by atoms with E-state index in [9.17, 15) is 14.0 Å². The summed E-state index contributed by atoms with van der Waals surface area (Å²) < 4.78 is 12.9. The summed E-state index contributed by atoms with van der Waals surface area (Å²) in [6, 6.07) is 13.1. The molecule has 2 aromatic rings. The van der Waals surface area contributed by atoms with Gasteiger partial charge in [0.1, 0.15) is 5.82 Å². The highest BCUT2D eigenvalue weighted by molar-refractivity contribution is 7.99. The van der Waals surface area contributed by atoms with Crippen molar-refractivity contribution in [3.63, 3.8) is 0 Å². The Morgan fingerprint density at radius 1 is 1.08 bits per heavy atom. The summed E-state index contributed by atoms with van der Waals surface area (Å²) in [4.78, 5) is 25.4. The van der Waals surface area contributed by atoms with Crippen molar-refractivity contribution in [3.05, 3.63) is 59.9 Å². The van der Waals surface area contributed by atoms with Gasteiger partial charge in [0.25, 0.3) is 5.91 Å². The molecule has 0 spiro atoms. The molecular formula is C20H23FN2O2S. The second-order valence-corrected chi connectivity index (χ2v) is 7.42. The Kier molecular flexibility index (Phi) is 7.66. The second-order valence-electron chi connectivity index (χ2n) is 6.25. The molecule has 2 N–H and O–H groups in total. The molecule has 0 heterocycles. The van der Waals surface area contributed by atoms with Crippen LogP contribution in [-0.4, -0.2) is 24.1 Å². The number of carbonyl (C=O) groups excluding carboxylic acids is 2. The molecule has 0 fully saturated rings. The summed E-state index contributed by atoms with van der Waals surface area (Å²) in [5, 5.41) is 5.66. The number of anilines is 1. The van der Waals surface area contributed by atoms with E-state index in [1.54, 1.807) is 36.4 Å². The molecule has 0 saturated heterocycles. The Morgan fingerprint density at radius 2 is 1.77 bits per heavy atom. The molecule has 0 aliphatic heterocycles. The fourth-order valence-corrected chi connectivity index (χ4v) is 3.04. The number of nitrogens with one attached hydrogen (secondary N) is 2. The fourth-order valence-electron chi connectivity index (χ4n) is 2.19. The lowest BCUT2D eigenvalue weighted by Gasteiger charge is -2.12. The number of amides is 2. The minimum absolute atomic E-state index is 0.163. The number of halogens is 1. The van der Waals surface area contributed by atoms with Crippen LogP contribution in [0.4, 0.5) is 10.1 Å². The second kappa shape index (κ2) is 9.97. The van der Waals surface area contributed by atoms with Crippen molar-refractivity contribution in [2.24, 2.45) is 5.92 Å². The third kappa shape index (κ3) is 6.52. The van der Waals surface area contributed by atoms with Gasteiger partial charge in [0, 0.05) is 23.6 Å². The van der Waals surface area contributed by atoms with Crippen molar-refractivity contribution in [3.8, 4) is 0 Å². The molecule has 0 radical (unpaired) electrons. The van der Waals surface area contributed by atoms with E-state index in [4.69, 9.17) is 0 Å². The van der Waals surface area contributed by atoms with Crippen molar-refractivity contribution >= 4 is 29.3 Å². The molecule has 0 aliphatic carbocycles. The first-order chi connectivity index (χ1) is 12.5. The first kappa shape index (κ1) is 20.0. The van der Waals surface area contributed by atoms with Gasteiger partial charge < -0.3 is 10.6 Å². The maximum Gasteiger partial charge on any atom is 0.253 e. The van der Waals surface area contributed by atoms with Crippen LogP contribution in [0.25, 0.3) is 0 Å². The smallest absolute Gasteiger partial charge is 0.253 e. The maximum absolute atomic E-state index is 12.9. The molecule has 6 heteroatoms. The normalized spacial score (nSPS) is 10.6. The van der Waals surface area contributed by atoms with Gasteiger partial charge in [-0.1, -0.05) is 26.0 Å². The maximum atomic E-state index is 12.9. The molecule has 4 nitrogen and oxygen atoms in total. The predicted octanol–water partition coefficient (Wildman–Crippen LogP) is 4.33. The van der Waals surface area contributed by atoms with Gasteiger partial charge in [-0.05, 0) is 42.3 Å². The molecule has 0 aliphatic rings. The van der Waals surface area contributed by atoms with E-state index in [0.29, 0.717) is 35.9 Å². The molecule has 138 valence electrons. The van der Waals surface area contributed by atoms with E-state index in [1.165, 1.54) is 23.9 Å². The highest BCUT2D eigenvalue weighted by atomic mass is 32.2. The van der Waals surface area contributed by atoms with Crippen molar-refractivity contribution in [2.45, 2.75) is 25.2 Å². The van der Waals surface area contributed by atoms with Crippen molar-refractivity contribution in [2.75, 3.05) is 17.6 Å². The lowest BCUT2D eigenvalue weighted by Crippen LogP contribution is -2.28. The van der Waals surface area contributed by atoms with Gasteiger partial charge in [-0.15, -0.1) is 11.8 Å². The van der Waals surface area contributed by atoms with Crippen LogP contribution in [0.15, 0.2) is 53.4 Å². The SMILES string of the molecule is CC(C)CNC(=O)c1ccccc1NC(=O)CCSc1ccc(F)cc1.